The van der Waals surface area contributed by atoms with E-state index in [4.69, 9.17) is 37.0 Å². The molecule has 0 aromatic heterocycles. The van der Waals surface area contributed by atoms with E-state index in [2.05, 4.69) is 48.5 Å². The Balaban J connectivity index is 5.21. The van der Waals surface area contributed by atoms with Gasteiger partial charge in [0.1, 0.15) is 19.3 Å². The number of aliphatic hydroxyl groups excluding tert-OH is 1. The van der Waals surface area contributed by atoms with Crippen molar-refractivity contribution in [3.05, 3.63) is 0 Å². The van der Waals surface area contributed by atoms with E-state index in [0.29, 0.717) is 25.7 Å². The number of unbranched alkanes of at least 4 members (excludes halogenated alkanes) is 45. The van der Waals surface area contributed by atoms with Crippen LogP contribution < -0.4 is 0 Å². The van der Waals surface area contributed by atoms with Crippen molar-refractivity contribution < 1.29 is 80.2 Å². The van der Waals surface area contributed by atoms with Crippen LogP contribution in [-0.2, 0) is 65.4 Å². The molecular formula is C79H154O17P2. The molecule has 0 fully saturated rings. The van der Waals surface area contributed by atoms with Crippen LogP contribution in [0.1, 0.15) is 408 Å². The van der Waals surface area contributed by atoms with Gasteiger partial charge in [-0.1, -0.05) is 357 Å². The third-order valence-electron chi connectivity index (χ3n) is 18.4. The summed E-state index contributed by atoms with van der Waals surface area (Å²) >= 11 is 0. The van der Waals surface area contributed by atoms with Crippen LogP contribution in [0.15, 0.2) is 0 Å². The normalized spacial score (nSPS) is 14.0. The Labute approximate surface area is 600 Å². The fourth-order valence-corrected chi connectivity index (χ4v) is 13.7. The van der Waals surface area contributed by atoms with E-state index in [1.165, 1.54) is 218 Å². The lowest BCUT2D eigenvalue weighted by atomic mass is 10.0. The van der Waals surface area contributed by atoms with Crippen LogP contribution in [0, 0.1) is 17.8 Å². The predicted octanol–water partition coefficient (Wildman–Crippen LogP) is 23.4. The van der Waals surface area contributed by atoms with Gasteiger partial charge in [0.2, 0.25) is 0 Å². The molecule has 0 aromatic rings. The Morgan fingerprint density at radius 2 is 0.469 bits per heavy atom. The topological polar surface area (TPSA) is 237 Å². The molecule has 0 spiro atoms. The van der Waals surface area contributed by atoms with E-state index in [1.807, 2.05) is 0 Å². The van der Waals surface area contributed by atoms with Crippen LogP contribution >= 0.6 is 15.6 Å². The Morgan fingerprint density at radius 1 is 0.276 bits per heavy atom. The van der Waals surface area contributed by atoms with Crippen LogP contribution in [0.3, 0.4) is 0 Å². The minimum Gasteiger partial charge on any atom is -0.462 e. The maximum absolute atomic E-state index is 13.1. The number of carbonyl (C=O) groups is 4. The first-order chi connectivity index (χ1) is 47.2. The van der Waals surface area contributed by atoms with Crippen molar-refractivity contribution >= 4 is 39.5 Å². The number of phosphoric acid groups is 2. The Morgan fingerprint density at radius 3 is 0.694 bits per heavy atom. The number of phosphoric ester groups is 2. The molecule has 17 nitrogen and oxygen atoms in total. The van der Waals surface area contributed by atoms with Gasteiger partial charge >= 0.3 is 39.5 Å². The zero-order valence-corrected chi connectivity index (χ0v) is 66.0. The quantitative estimate of drug-likeness (QED) is 0.0222. The Kier molecular flexibility index (Phi) is 68.1. The Hall–Kier alpha value is -1.94. The van der Waals surface area contributed by atoms with Gasteiger partial charge in [0.05, 0.1) is 26.4 Å². The molecule has 0 heterocycles. The van der Waals surface area contributed by atoms with Gasteiger partial charge in [0.25, 0.3) is 0 Å². The van der Waals surface area contributed by atoms with Crippen molar-refractivity contribution in [3.63, 3.8) is 0 Å². The largest absolute Gasteiger partial charge is 0.472 e. The van der Waals surface area contributed by atoms with Crippen LogP contribution in [0.25, 0.3) is 0 Å². The fraction of sp³-hybridized carbons (Fsp3) is 0.949. The van der Waals surface area contributed by atoms with Gasteiger partial charge in [-0.05, 0) is 43.4 Å². The summed E-state index contributed by atoms with van der Waals surface area (Å²) in [6.45, 7) is 11.9. The van der Waals surface area contributed by atoms with Gasteiger partial charge in [-0.15, -0.1) is 0 Å². The minimum atomic E-state index is -4.96. The lowest BCUT2D eigenvalue weighted by Crippen LogP contribution is -2.30. The molecule has 0 radical (unpaired) electrons. The maximum atomic E-state index is 13.1. The molecule has 0 aliphatic heterocycles. The van der Waals surface area contributed by atoms with E-state index in [9.17, 15) is 43.2 Å². The van der Waals surface area contributed by atoms with Crippen LogP contribution in [0.2, 0.25) is 0 Å². The molecular weight excluding hydrogens is 1280 g/mol. The average molecular weight is 1440 g/mol. The molecule has 19 heteroatoms. The number of esters is 4. The molecule has 0 amide bonds. The predicted molar refractivity (Wildman–Crippen MR) is 400 cm³/mol. The number of hydrogen-bond acceptors (Lipinski definition) is 15. The lowest BCUT2D eigenvalue weighted by Gasteiger charge is -2.21. The zero-order chi connectivity index (χ0) is 72.3. The van der Waals surface area contributed by atoms with Crippen molar-refractivity contribution in [2.45, 2.75) is 426 Å². The molecule has 0 aliphatic carbocycles. The summed E-state index contributed by atoms with van der Waals surface area (Å²) in [7, 11) is -9.91. The summed E-state index contributed by atoms with van der Waals surface area (Å²) in [6, 6.07) is 0. The van der Waals surface area contributed by atoms with Crippen molar-refractivity contribution in [2.75, 3.05) is 39.6 Å². The first-order valence-corrected chi connectivity index (χ1v) is 43.8. The molecule has 0 saturated heterocycles. The molecule has 582 valence electrons. The van der Waals surface area contributed by atoms with Crippen molar-refractivity contribution in [1.29, 1.82) is 0 Å². The summed E-state index contributed by atoms with van der Waals surface area (Å²) in [6.07, 6.45) is 56.9. The summed E-state index contributed by atoms with van der Waals surface area (Å²) < 4.78 is 68.6. The molecule has 0 bridgehead atoms. The van der Waals surface area contributed by atoms with Gasteiger partial charge in [-0.2, -0.15) is 0 Å². The number of hydrogen-bond donors (Lipinski definition) is 3. The second kappa shape index (κ2) is 69.4. The first kappa shape index (κ1) is 96.1. The molecule has 3 N–H and O–H groups in total. The van der Waals surface area contributed by atoms with Crippen LogP contribution in [-0.4, -0.2) is 96.7 Å². The van der Waals surface area contributed by atoms with Gasteiger partial charge in [-0.25, -0.2) is 9.13 Å². The first-order valence-electron chi connectivity index (χ1n) is 40.8. The molecule has 0 rings (SSSR count). The second-order valence-corrected chi connectivity index (χ2v) is 32.8. The van der Waals surface area contributed by atoms with Crippen LogP contribution in [0.5, 0.6) is 0 Å². The van der Waals surface area contributed by atoms with E-state index >= 15 is 0 Å². The summed E-state index contributed by atoms with van der Waals surface area (Å²) in [5, 5.41) is 10.6. The highest BCUT2D eigenvalue weighted by atomic mass is 31.2. The third-order valence-corrected chi connectivity index (χ3v) is 20.3. The van der Waals surface area contributed by atoms with Crippen LogP contribution in [0.4, 0.5) is 0 Å². The molecule has 0 saturated carbocycles. The average Bonchev–Trinajstić information content (AvgIpc) is 1.03. The zero-order valence-electron chi connectivity index (χ0n) is 64.3. The monoisotopic (exact) mass is 1440 g/mol. The molecule has 5 atom stereocenters. The van der Waals surface area contributed by atoms with Gasteiger partial charge in [0.15, 0.2) is 12.2 Å². The van der Waals surface area contributed by atoms with Gasteiger partial charge in [0, 0.05) is 25.7 Å². The van der Waals surface area contributed by atoms with Gasteiger partial charge in [-0.3, -0.25) is 37.3 Å². The maximum Gasteiger partial charge on any atom is 0.472 e. The molecule has 98 heavy (non-hydrogen) atoms. The smallest absolute Gasteiger partial charge is 0.462 e. The van der Waals surface area contributed by atoms with E-state index < -0.39 is 97.5 Å². The highest BCUT2D eigenvalue weighted by molar-refractivity contribution is 7.47. The standard InChI is InChI=1S/C79H154O17P2/c1-8-9-10-11-12-29-39-46-53-60-76(81)89-66-74(96-79(84)63-56-49-42-35-28-27-32-38-45-52-59-72(6)7)68-93-97(85,86)91-64-73(80)65-92-98(87,88)94-69-75(67-90-77(82)61-54-47-40-33-25-22-21-24-31-37-44-51-58-71(4)5)95-78(83)62-55-48-41-34-26-20-18-16-14-13-15-17-19-23-30-36-43-50-57-70(2)3/h70-75,80H,8-69H2,1-7H3,(H,85,86)(H,87,88)/t73-,74+,75+/m0/s1. The highest BCUT2D eigenvalue weighted by Gasteiger charge is 2.30. The van der Waals surface area contributed by atoms with Crippen molar-refractivity contribution in [1.82, 2.24) is 0 Å². The van der Waals surface area contributed by atoms with Crippen molar-refractivity contribution in [2.24, 2.45) is 17.8 Å². The van der Waals surface area contributed by atoms with Gasteiger partial charge < -0.3 is 33.8 Å². The molecule has 0 aromatic carbocycles. The number of aliphatic hydroxyl groups is 1. The van der Waals surface area contributed by atoms with E-state index in [0.717, 1.165) is 108 Å². The van der Waals surface area contributed by atoms with Crippen molar-refractivity contribution in [3.8, 4) is 0 Å². The highest BCUT2D eigenvalue weighted by Crippen LogP contribution is 2.45. The van der Waals surface area contributed by atoms with E-state index in [1.54, 1.807) is 0 Å². The van der Waals surface area contributed by atoms with E-state index in [-0.39, 0.29) is 25.7 Å². The SMILES string of the molecule is CCCCCCCCCCCC(=O)OC[C@H](COP(=O)(O)OC[C@H](O)COP(=O)(O)OC[C@@H](COC(=O)CCCCCCCCCCCCCCC(C)C)OC(=O)CCCCCCCCCCCCCCCCCCCCC(C)C)OC(=O)CCCCCCCCCCCCC(C)C. The summed E-state index contributed by atoms with van der Waals surface area (Å²) in [5.74, 6) is 0.239. The number of ether oxygens (including phenoxy) is 4. The fourth-order valence-electron chi connectivity index (χ4n) is 12.1. The molecule has 0 aliphatic rings. The number of carbonyl (C=O) groups excluding carboxylic acids is 4. The minimum absolute atomic E-state index is 0.106. The molecule has 2 unspecified atom stereocenters. The summed E-state index contributed by atoms with van der Waals surface area (Å²) in [4.78, 5) is 72.9. The summed E-state index contributed by atoms with van der Waals surface area (Å²) in [5.41, 5.74) is 0. The third kappa shape index (κ3) is 72.4. The Bertz CT molecular complexity index is 1900. The second-order valence-electron chi connectivity index (χ2n) is 29.9. The lowest BCUT2D eigenvalue weighted by molar-refractivity contribution is -0.161. The number of rotatable bonds is 77.